The summed E-state index contributed by atoms with van der Waals surface area (Å²) < 4.78 is 22.0. The Bertz CT molecular complexity index is 1410. The number of halogens is 1. The molecule has 1 fully saturated rings. The normalized spacial score (nSPS) is 13.9. The number of carbonyl (C=O) groups is 4. The molecule has 4 rings (SSSR count). The maximum Gasteiger partial charge on any atom is 0.373 e. The summed E-state index contributed by atoms with van der Waals surface area (Å²) in [5, 5.41) is 5.13. The first-order valence-electron chi connectivity index (χ1n) is 11.1. The van der Waals surface area contributed by atoms with Crippen LogP contribution in [0.4, 0.5) is 10.5 Å². The third-order valence-electron chi connectivity index (χ3n) is 5.31. The molecule has 38 heavy (non-hydrogen) atoms. The van der Waals surface area contributed by atoms with Crippen LogP contribution in [0, 0.1) is 0 Å². The van der Waals surface area contributed by atoms with Crippen molar-refractivity contribution in [3.63, 3.8) is 0 Å². The van der Waals surface area contributed by atoms with Gasteiger partial charge in [0.1, 0.15) is 24.6 Å². The Balaban J connectivity index is 1.40. The standard InChI is InChI=1S/C26H22BrN3O8/c1-35-22-12-15(3-9-20(22)37-14-18-8-10-21(38-18)25(33)36-2)11-19-24(32)30(26(34)29-19)13-23(31)28-17-6-4-16(27)5-7-17/h3-12H,13-14H2,1-2H3,(H,28,31)(H,29,34). The lowest BCUT2D eigenvalue weighted by molar-refractivity contribution is -0.127. The zero-order valence-electron chi connectivity index (χ0n) is 20.3. The molecule has 0 spiro atoms. The number of imide groups is 1. The number of amides is 4. The SMILES string of the molecule is COC(=O)c1ccc(COc2ccc(C=C3NC(=O)N(CC(=O)Nc4ccc(Br)cc4)C3=O)cc2OC)o1. The summed E-state index contributed by atoms with van der Waals surface area (Å²) in [7, 11) is 2.71. The second-order valence-corrected chi connectivity index (χ2v) is 8.81. The number of hydrogen-bond acceptors (Lipinski definition) is 8. The Morgan fingerprint density at radius 2 is 1.82 bits per heavy atom. The van der Waals surface area contributed by atoms with Crippen LogP contribution >= 0.6 is 15.9 Å². The molecule has 0 atom stereocenters. The predicted molar refractivity (Wildman–Crippen MR) is 138 cm³/mol. The number of carbonyl (C=O) groups excluding carboxylic acids is 4. The third-order valence-corrected chi connectivity index (χ3v) is 5.84. The van der Waals surface area contributed by atoms with E-state index >= 15 is 0 Å². The summed E-state index contributed by atoms with van der Waals surface area (Å²) in [5.41, 5.74) is 1.09. The molecule has 1 saturated heterocycles. The lowest BCUT2D eigenvalue weighted by Gasteiger charge is -2.12. The van der Waals surface area contributed by atoms with E-state index in [4.69, 9.17) is 13.9 Å². The second-order valence-electron chi connectivity index (χ2n) is 7.89. The Hall–Kier alpha value is -4.58. The van der Waals surface area contributed by atoms with Gasteiger partial charge < -0.3 is 29.3 Å². The minimum Gasteiger partial charge on any atom is -0.493 e. The minimum atomic E-state index is -0.705. The molecule has 0 unspecified atom stereocenters. The highest BCUT2D eigenvalue weighted by atomic mass is 79.9. The van der Waals surface area contributed by atoms with Crippen LogP contribution in [-0.2, 0) is 20.9 Å². The van der Waals surface area contributed by atoms with Crippen molar-refractivity contribution in [1.82, 2.24) is 10.2 Å². The molecule has 4 amide bonds. The van der Waals surface area contributed by atoms with Crippen molar-refractivity contribution in [1.29, 1.82) is 0 Å². The van der Waals surface area contributed by atoms with Gasteiger partial charge in [-0.1, -0.05) is 22.0 Å². The Labute approximate surface area is 225 Å². The molecule has 0 bridgehead atoms. The van der Waals surface area contributed by atoms with Crippen LogP contribution in [0.25, 0.3) is 6.08 Å². The van der Waals surface area contributed by atoms with Gasteiger partial charge in [0, 0.05) is 10.2 Å². The Kier molecular flexibility index (Phi) is 8.12. The number of benzene rings is 2. The van der Waals surface area contributed by atoms with Crippen molar-refractivity contribution in [3.8, 4) is 11.5 Å². The summed E-state index contributed by atoms with van der Waals surface area (Å²) in [4.78, 5) is 49.9. The van der Waals surface area contributed by atoms with E-state index < -0.39 is 30.4 Å². The number of nitrogens with zero attached hydrogens (tertiary/aromatic N) is 1. The summed E-state index contributed by atoms with van der Waals surface area (Å²) in [6.45, 7) is -0.418. The smallest absolute Gasteiger partial charge is 0.373 e. The number of urea groups is 1. The molecule has 196 valence electrons. The molecule has 2 aromatic carbocycles. The van der Waals surface area contributed by atoms with E-state index in [0.29, 0.717) is 28.5 Å². The Morgan fingerprint density at radius 3 is 2.53 bits per heavy atom. The Morgan fingerprint density at radius 1 is 1.05 bits per heavy atom. The average molecular weight is 584 g/mol. The molecule has 12 heteroatoms. The molecule has 1 aromatic heterocycles. The van der Waals surface area contributed by atoms with Gasteiger partial charge >= 0.3 is 12.0 Å². The van der Waals surface area contributed by atoms with Gasteiger partial charge in [-0.25, -0.2) is 14.5 Å². The fraction of sp³-hybridized carbons (Fsp3) is 0.154. The molecule has 2 heterocycles. The van der Waals surface area contributed by atoms with Gasteiger partial charge in [0.05, 0.1) is 14.2 Å². The van der Waals surface area contributed by atoms with E-state index in [1.165, 1.54) is 26.4 Å². The molecule has 0 radical (unpaired) electrons. The average Bonchev–Trinajstić information content (AvgIpc) is 3.49. The topological polar surface area (TPSA) is 136 Å². The largest absolute Gasteiger partial charge is 0.493 e. The van der Waals surface area contributed by atoms with Gasteiger partial charge in [-0.05, 0) is 60.2 Å². The van der Waals surface area contributed by atoms with Crippen LogP contribution in [0.15, 0.2) is 69.2 Å². The van der Waals surface area contributed by atoms with Crippen molar-refractivity contribution in [3.05, 3.63) is 81.9 Å². The van der Waals surface area contributed by atoms with Crippen molar-refractivity contribution in [2.45, 2.75) is 6.61 Å². The highest BCUT2D eigenvalue weighted by Gasteiger charge is 2.35. The van der Waals surface area contributed by atoms with Gasteiger partial charge in [-0.3, -0.25) is 9.59 Å². The number of nitrogens with one attached hydrogen (secondary N) is 2. The van der Waals surface area contributed by atoms with E-state index in [1.54, 1.807) is 48.5 Å². The monoisotopic (exact) mass is 583 g/mol. The summed E-state index contributed by atoms with van der Waals surface area (Å²) in [5.74, 6) is -0.538. The van der Waals surface area contributed by atoms with Gasteiger partial charge in [0.15, 0.2) is 11.5 Å². The van der Waals surface area contributed by atoms with E-state index in [1.807, 2.05) is 0 Å². The lowest BCUT2D eigenvalue weighted by atomic mass is 10.1. The van der Waals surface area contributed by atoms with Crippen LogP contribution in [0.3, 0.4) is 0 Å². The molecular formula is C26H22BrN3O8. The third kappa shape index (κ3) is 6.21. The predicted octanol–water partition coefficient (Wildman–Crippen LogP) is 3.95. The van der Waals surface area contributed by atoms with E-state index in [0.717, 1.165) is 9.37 Å². The first kappa shape index (κ1) is 26.5. The van der Waals surface area contributed by atoms with Gasteiger partial charge in [-0.2, -0.15) is 0 Å². The van der Waals surface area contributed by atoms with Gasteiger partial charge in [0.25, 0.3) is 5.91 Å². The molecule has 1 aliphatic heterocycles. The number of hydrogen-bond donors (Lipinski definition) is 2. The number of esters is 1. The summed E-state index contributed by atoms with van der Waals surface area (Å²) >= 11 is 3.31. The number of methoxy groups -OCH3 is 2. The highest BCUT2D eigenvalue weighted by Crippen LogP contribution is 2.30. The van der Waals surface area contributed by atoms with Gasteiger partial charge in [-0.15, -0.1) is 0 Å². The molecule has 11 nitrogen and oxygen atoms in total. The molecule has 1 aliphatic rings. The van der Waals surface area contributed by atoms with Crippen molar-refractivity contribution < 1.29 is 37.8 Å². The molecule has 0 saturated carbocycles. The van der Waals surface area contributed by atoms with Crippen LogP contribution < -0.4 is 20.1 Å². The highest BCUT2D eigenvalue weighted by molar-refractivity contribution is 9.10. The van der Waals surface area contributed by atoms with E-state index in [-0.39, 0.29) is 18.1 Å². The molecular weight excluding hydrogens is 562 g/mol. The maximum absolute atomic E-state index is 12.8. The van der Waals surface area contributed by atoms with Crippen LogP contribution in [0.2, 0.25) is 0 Å². The quantitative estimate of drug-likeness (QED) is 0.219. The first-order valence-corrected chi connectivity index (χ1v) is 11.9. The van der Waals surface area contributed by atoms with Crippen LogP contribution in [-0.4, -0.2) is 49.5 Å². The zero-order valence-corrected chi connectivity index (χ0v) is 21.9. The van der Waals surface area contributed by atoms with Crippen molar-refractivity contribution in [2.75, 3.05) is 26.1 Å². The zero-order chi connectivity index (χ0) is 27.2. The molecule has 0 aliphatic carbocycles. The summed E-state index contributed by atoms with van der Waals surface area (Å²) in [6.07, 6.45) is 1.47. The summed E-state index contributed by atoms with van der Waals surface area (Å²) in [6, 6.07) is 14.2. The van der Waals surface area contributed by atoms with E-state index in [9.17, 15) is 19.2 Å². The first-order chi connectivity index (χ1) is 18.3. The lowest BCUT2D eigenvalue weighted by Crippen LogP contribution is -2.38. The van der Waals surface area contributed by atoms with E-state index in [2.05, 4.69) is 31.3 Å². The van der Waals surface area contributed by atoms with Gasteiger partial charge in [0.2, 0.25) is 11.7 Å². The van der Waals surface area contributed by atoms with Crippen molar-refractivity contribution >= 4 is 51.5 Å². The van der Waals surface area contributed by atoms with Crippen LogP contribution in [0.1, 0.15) is 21.9 Å². The molecule has 3 aromatic rings. The fourth-order valence-corrected chi connectivity index (χ4v) is 3.73. The maximum atomic E-state index is 12.8. The fourth-order valence-electron chi connectivity index (χ4n) is 3.47. The number of anilines is 1. The molecule has 2 N–H and O–H groups in total. The number of rotatable bonds is 9. The minimum absolute atomic E-state index is 0.00749. The number of furan rings is 1. The second kappa shape index (κ2) is 11.6. The van der Waals surface area contributed by atoms with Crippen molar-refractivity contribution in [2.24, 2.45) is 0 Å². The number of ether oxygens (including phenoxy) is 3. The van der Waals surface area contributed by atoms with Crippen LogP contribution in [0.5, 0.6) is 11.5 Å².